The van der Waals surface area contributed by atoms with Crippen molar-refractivity contribution in [2.75, 3.05) is 13.1 Å². The van der Waals surface area contributed by atoms with Crippen molar-refractivity contribution in [3.8, 4) is 0 Å². The molecule has 0 saturated heterocycles. The SMILES string of the molecule is O=C(O)OC1=CCCN(Cc2ccccc2Cl)C1. The van der Waals surface area contributed by atoms with Crippen LogP contribution in [-0.4, -0.2) is 29.3 Å². The Kier molecular flexibility index (Phi) is 4.23. The molecule has 0 aliphatic carbocycles. The molecular weight excluding hydrogens is 254 g/mol. The predicted octanol–water partition coefficient (Wildman–Crippen LogP) is 3.12. The molecule has 4 nitrogen and oxygen atoms in total. The number of rotatable bonds is 3. The lowest BCUT2D eigenvalue weighted by Crippen LogP contribution is -2.30. The van der Waals surface area contributed by atoms with Crippen molar-refractivity contribution in [3.05, 3.63) is 46.7 Å². The Balaban J connectivity index is 1.98. The van der Waals surface area contributed by atoms with Gasteiger partial charge < -0.3 is 9.84 Å². The maximum absolute atomic E-state index is 10.5. The molecule has 0 radical (unpaired) electrons. The summed E-state index contributed by atoms with van der Waals surface area (Å²) in [6, 6.07) is 7.65. The largest absolute Gasteiger partial charge is 0.511 e. The molecule has 0 bridgehead atoms. The lowest BCUT2D eigenvalue weighted by atomic mass is 10.1. The summed E-state index contributed by atoms with van der Waals surface area (Å²) in [4.78, 5) is 12.6. The van der Waals surface area contributed by atoms with Crippen LogP contribution in [0.3, 0.4) is 0 Å². The topological polar surface area (TPSA) is 49.8 Å². The first-order chi connectivity index (χ1) is 8.65. The van der Waals surface area contributed by atoms with Gasteiger partial charge in [0.05, 0.1) is 6.54 Å². The zero-order valence-corrected chi connectivity index (χ0v) is 10.6. The number of carbonyl (C=O) groups is 1. The van der Waals surface area contributed by atoms with Gasteiger partial charge in [0.25, 0.3) is 0 Å². The van der Waals surface area contributed by atoms with Crippen molar-refractivity contribution in [2.45, 2.75) is 13.0 Å². The van der Waals surface area contributed by atoms with E-state index in [0.717, 1.165) is 23.6 Å². The molecule has 5 heteroatoms. The van der Waals surface area contributed by atoms with Crippen LogP contribution < -0.4 is 0 Å². The highest BCUT2D eigenvalue weighted by Crippen LogP contribution is 2.19. The molecule has 1 aliphatic rings. The highest BCUT2D eigenvalue weighted by molar-refractivity contribution is 6.31. The first-order valence-electron chi connectivity index (χ1n) is 5.71. The molecule has 0 saturated carbocycles. The van der Waals surface area contributed by atoms with Crippen LogP contribution in [0.25, 0.3) is 0 Å². The predicted molar refractivity (Wildman–Crippen MR) is 68.5 cm³/mol. The second-order valence-corrected chi connectivity index (χ2v) is 4.54. The van der Waals surface area contributed by atoms with Gasteiger partial charge in [-0.25, -0.2) is 4.79 Å². The van der Waals surface area contributed by atoms with Crippen molar-refractivity contribution in [1.29, 1.82) is 0 Å². The van der Waals surface area contributed by atoms with Gasteiger partial charge in [-0.1, -0.05) is 29.8 Å². The van der Waals surface area contributed by atoms with Crippen molar-refractivity contribution >= 4 is 17.8 Å². The summed E-state index contributed by atoms with van der Waals surface area (Å²) < 4.78 is 4.69. The zero-order chi connectivity index (χ0) is 13.0. The smallest absolute Gasteiger partial charge is 0.449 e. The average molecular weight is 268 g/mol. The van der Waals surface area contributed by atoms with E-state index < -0.39 is 6.16 Å². The van der Waals surface area contributed by atoms with Gasteiger partial charge >= 0.3 is 6.16 Å². The minimum atomic E-state index is -1.26. The van der Waals surface area contributed by atoms with E-state index in [1.54, 1.807) is 0 Å². The highest BCUT2D eigenvalue weighted by atomic mass is 35.5. The fourth-order valence-corrected chi connectivity index (χ4v) is 2.16. The summed E-state index contributed by atoms with van der Waals surface area (Å²) in [7, 11) is 0. The third-order valence-electron chi connectivity index (χ3n) is 2.77. The van der Waals surface area contributed by atoms with Gasteiger partial charge in [0.1, 0.15) is 5.76 Å². The van der Waals surface area contributed by atoms with Crippen LogP contribution in [0.2, 0.25) is 5.02 Å². The second kappa shape index (κ2) is 5.89. The number of hydrogen-bond donors (Lipinski definition) is 1. The van der Waals surface area contributed by atoms with Crippen LogP contribution in [-0.2, 0) is 11.3 Å². The van der Waals surface area contributed by atoms with Crippen LogP contribution in [0.4, 0.5) is 4.79 Å². The Morgan fingerprint density at radius 3 is 2.94 bits per heavy atom. The molecule has 1 aromatic rings. The third kappa shape index (κ3) is 3.48. The number of ether oxygens (including phenoxy) is 1. The van der Waals surface area contributed by atoms with E-state index in [4.69, 9.17) is 21.4 Å². The van der Waals surface area contributed by atoms with Crippen LogP contribution >= 0.6 is 11.6 Å². The molecule has 1 aliphatic heterocycles. The van der Waals surface area contributed by atoms with Crippen LogP contribution in [0.1, 0.15) is 12.0 Å². The van der Waals surface area contributed by atoms with Crippen molar-refractivity contribution in [3.63, 3.8) is 0 Å². The molecule has 0 unspecified atom stereocenters. The normalized spacial score (nSPS) is 16.2. The van der Waals surface area contributed by atoms with Gasteiger partial charge in [-0.05, 0) is 24.1 Å². The Bertz CT molecular complexity index is 473. The third-order valence-corrected chi connectivity index (χ3v) is 3.14. The Morgan fingerprint density at radius 1 is 1.44 bits per heavy atom. The number of benzene rings is 1. The number of nitrogens with zero attached hydrogens (tertiary/aromatic N) is 1. The molecule has 0 atom stereocenters. The fraction of sp³-hybridized carbons (Fsp3) is 0.308. The molecule has 0 fully saturated rings. The quantitative estimate of drug-likeness (QED) is 0.855. The standard InChI is InChI=1S/C13H14ClNO3/c14-12-6-2-1-4-10(12)8-15-7-3-5-11(9-15)18-13(16)17/h1-2,4-6H,3,7-9H2,(H,16,17). The van der Waals surface area contributed by atoms with Crippen molar-refractivity contribution in [1.82, 2.24) is 4.90 Å². The lowest BCUT2D eigenvalue weighted by molar-refractivity contribution is 0.106. The first-order valence-corrected chi connectivity index (χ1v) is 6.08. The molecule has 0 spiro atoms. The van der Waals surface area contributed by atoms with E-state index >= 15 is 0 Å². The maximum atomic E-state index is 10.5. The Morgan fingerprint density at radius 2 is 2.22 bits per heavy atom. The summed E-state index contributed by atoms with van der Waals surface area (Å²) in [6.45, 7) is 2.06. The van der Waals surface area contributed by atoms with Gasteiger partial charge in [-0.3, -0.25) is 4.90 Å². The minimum absolute atomic E-state index is 0.487. The molecule has 2 rings (SSSR count). The summed E-state index contributed by atoms with van der Waals surface area (Å²) in [6.07, 6.45) is 1.34. The summed E-state index contributed by atoms with van der Waals surface area (Å²) in [5, 5.41) is 9.31. The number of hydrogen-bond acceptors (Lipinski definition) is 3. The molecule has 0 aromatic heterocycles. The molecule has 1 N–H and O–H groups in total. The molecule has 1 heterocycles. The Labute approximate surface area is 110 Å². The summed E-state index contributed by atoms with van der Waals surface area (Å²) in [5.74, 6) is 0.487. The van der Waals surface area contributed by atoms with E-state index in [2.05, 4.69) is 4.90 Å². The van der Waals surface area contributed by atoms with Crippen molar-refractivity contribution < 1.29 is 14.6 Å². The van der Waals surface area contributed by atoms with Gasteiger partial charge in [0.15, 0.2) is 0 Å². The minimum Gasteiger partial charge on any atom is -0.449 e. The molecule has 1 aromatic carbocycles. The van der Waals surface area contributed by atoms with Gasteiger partial charge in [0.2, 0.25) is 0 Å². The second-order valence-electron chi connectivity index (χ2n) is 4.13. The summed E-state index contributed by atoms with van der Waals surface area (Å²) >= 11 is 6.10. The molecular formula is C13H14ClNO3. The lowest BCUT2D eigenvalue weighted by Gasteiger charge is -2.26. The van der Waals surface area contributed by atoms with E-state index in [1.807, 2.05) is 30.3 Å². The molecule has 18 heavy (non-hydrogen) atoms. The van der Waals surface area contributed by atoms with E-state index in [9.17, 15) is 4.79 Å². The van der Waals surface area contributed by atoms with E-state index in [0.29, 0.717) is 18.8 Å². The monoisotopic (exact) mass is 267 g/mol. The first kappa shape index (κ1) is 12.9. The Hall–Kier alpha value is -1.52. The van der Waals surface area contributed by atoms with Crippen LogP contribution in [0, 0.1) is 0 Å². The maximum Gasteiger partial charge on any atom is 0.511 e. The van der Waals surface area contributed by atoms with Gasteiger partial charge in [0, 0.05) is 18.1 Å². The van der Waals surface area contributed by atoms with Crippen LogP contribution in [0.15, 0.2) is 36.1 Å². The van der Waals surface area contributed by atoms with E-state index in [1.165, 1.54) is 0 Å². The van der Waals surface area contributed by atoms with Crippen LogP contribution in [0.5, 0.6) is 0 Å². The van der Waals surface area contributed by atoms with Gasteiger partial charge in [-0.15, -0.1) is 0 Å². The highest BCUT2D eigenvalue weighted by Gasteiger charge is 2.16. The number of halogens is 1. The average Bonchev–Trinajstić information content (AvgIpc) is 2.32. The van der Waals surface area contributed by atoms with Crippen molar-refractivity contribution in [2.24, 2.45) is 0 Å². The fourth-order valence-electron chi connectivity index (χ4n) is 1.96. The zero-order valence-electron chi connectivity index (χ0n) is 9.80. The molecule has 0 amide bonds. The van der Waals surface area contributed by atoms with E-state index in [-0.39, 0.29) is 0 Å². The summed E-state index contributed by atoms with van der Waals surface area (Å²) in [5.41, 5.74) is 1.04. The van der Waals surface area contributed by atoms with Gasteiger partial charge in [-0.2, -0.15) is 0 Å². The molecule has 96 valence electrons. The number of carboxylic acid groups (broad SMARTS) is 1.